The number of hydrogen-bond donors (Lipinski definition) is 1. The van der Waals surface area contributed by atoms with Crippen molar-refractivity contribution in [3.8, 4) is 0 Å². The molecule has 0 radical (unpaired) electrons. The highest BCUT2D eigenvalue weighted by Gasteiger charge is 2.41. The van der Waals surface area contributed by atoms with Gasteiger partial charge in [0, 0.05) is 25.2 Å². The molecule has 3 fully saturated rings. The third-order valence-corrected chi connectivity index (χ3v) is 5.25. The smallest absolute Gasteiger partial charge is 0.251 e. The lowest BCUT2D eigenvalue weighted by Crippen LogP contribution is -2.60. The van der Waals surface area contributed by atoms with Crippen LogP contribution in [0.5, 0.6) is 0 Å². The molecule has 1 N–H and O–H groups in total. The van der Waals surface area contributed by atoms with Crippen LogP contribution in [0.3, 0.4) is 0 Å². The molecule has 1 saturated heterocycles. The Hall–Kier alpha value is -0.220. The third kappa shape index (κ3) is 3.46. The highest BCUT2D eigenvalue weighted by atomic mass is 19.3. The average molecular weight is 272 g/mol. The van der Waals surface area contributed by atoms with Crippen LogP contribution in [0.2, 0.25) is 0 Å². The number of alkyl halides is 2. The molecule has 0 amide bonds. The summed E-state index contributed by atoms with van der Waals surface area (Å²) in [6.45, 7) is 1.75. The molecule has 2 atom stereocenters. The summed E-state index contributed by atoms with van der Waals surface area (Å²) in [7, 11) is 0. The number of rotatable bonds is 4. The summed E-state index contributed by atoms with van der Waals surface area (Å²) in [4.78, 5) is 2.10. The number of hydrogen-bond acceptors (Lipinski definition) is 2. The van der Waals surface area contributed by atoms with Crippen LogP contribution in [-0.2, 0) is 0 Å². The van der Waals surface area contributed by atoms with Gasteiger partial charge in [0.2, 0.25) is 0 Å². The average Bonchev–Trinajstić information content (AvgIpc) is 3.23. The van der Waals surface area contributed by atoms with Gasteiger partial charge < -0.3 is 5.32 Å². The highest BCUT2D eigenvalue weighted by Crippen LogP contribution is 2.37. The predicted molar refractivity (Wildman–Crippen MR) is 72.5 cm³/mol. The molecule has 2 unspecified atom stereocenters. The summed E-state index contributed by atoms with van der Waals surface area (Å²) in [6, 6.07) is 0.822. The normalized spacial score (nSPS) is 34.9. The number of piperazine rings is 1. The standard InChI is InChI=1S/C15H26F2N2/c16-15(17)10-19-9-13(11-4-2-1-3-5-11)18-8-14(19)12-6-7-12/h11-15,18H,1-10H2. The molecule has 2 aliphatic carbocycles. The van der Waals surface area contributed by atoms with E-state index in [2.05, 4.69) is 10.2 Å². The van der Waals surface area contributed by atoms with E-state index in [-0.39, 0.29) is 6.54 Å². The van der Waals surface area contributed by atoms with Crippen molar-refractivity contribution in [2.24, 2.45) is 11.8 Å². The summed E-state index contributed by atoms with van der Waals surface area (Å²) < 4.78 is 25.6. The van der Waals surface area contributed by atoms with Gasteiger partial charge in [-0.05, 0) is 37.5 Å². The van der Waals surface area contributed by atoms with Gasteiger partial charge in [0.05, 0.1) is 6.54 Å². The summed E-state index contributed by atoms with van der Waals surface area (Å²) in [5.74, 6) is 1.40. The molecule has 19 heavy (non-hydrogen) atoms. The van der Waals surface area contributed by atoms with E-state index >= 15 is 0 Å². The molecule has 4 heteroatoms. The summed E-state index contributed by atoms with van der Waals surface area (Å²) >= 11 is 0. The molecule has 110 valence electrons. The van der Waals surface area contributed by atoms with Crippen LogP contribution in [0, 0.1) is 11.8 Å². The Morgan fingerprint density at radius 1 is 1.00 bits per heavy atom. The van der Waals surface area contributed by atoms with Crippen molar-refractivity contribution in [3.63, 3.8) is 0 Å². The van der Waals surface area contributed by atoms with Crippen LogP contribution < -0.4 is 5.32 Å². The van der Waals surface area contributed by atoms with E-state index in [1.165, 1.54) is 44.9 Å². The van der Waals surface area contributed by atoms with Crippen molar-refractivity contribution >= 4 is 0 Å². The molecular formula is C15H26F2N2. The second-order valence-electron chi connectivity index (χ2n) is 6.66. The van der Waals surface area contributed by atoms with Crippen LogP contribution in [0.4, 0.5) is 8.78 Å². The van der Waals surface area contributed by atoms with Gasteiger partial charge in [-0.15, -0.1) is 0 Å². The van der Waals surface area contributed by atoms with Gasteiger partial charge in [-0.25, -0.2) is 8.78 Å². The summed E-state index contributed by atoms with van der Waals surface area (Å²) in [5, 5.41) is 3.68. The molecule has 1 aliphatic heterocycles. The first-order valence-electron chi connectivity index (χ1n) is 7.99. The van der Waals surface area contributed by atoms with Crippen molar-refractivity contribution in [2.45, 2.75) is 63.5 Å². The van der Waals surface area contributed by atoms with E-state index in [4.69, 9.17) is 0 Å². The molecular weight excluding hydrogens is 246 g/mol. The summed E-state index contributed by atoms with van der Waals surface area (Å²) in [6.07, 6.45) is 6.86. The minimum Gasteiger partial charge on any atom is -0.311 e. The first-order chi connectivity index (χ1) is 9.24. The maximum Gasteiger partial charge on any atom is 0.251 e. The molecule has 3 rings (SSSR count). The fourth-order valence-electron chi connectivity index (χ4n) is 4.04. The lowest BCUT2D eigenvalue weighted by molar-refractivity contribution is 0.0245. The highest BCUT2D eigenvalue weighted by molar-refractivity contribution is 4.97. The maximum absolute atomic E-state index is 12.8. The second kappa shape index (κ2) is 6.04. The SMILES string of the molecule is FC(F)CN1CC(C2CCCCC2)NCC1C1CC1. The minimum atomic E-state index is -2.19. The van der Waals surface area contributed by atoms with E-state index in [0.29, 0.717) is 23.9 Å². The van der Waals surface area contributed by atoms with Crippen LogP contribution in [0.15, 0.2) is 0 Å². The van der Waals surface area contributed by atoms with Gasteiger partial charge in [-0.2, -0.15) is 0 Å². The zero-order valence-electron chi connectivity index (χ0n) is 11.7. The van der Waals surface area contributed by atoms with E-state index in [1.54, 1.807) is 0 Å². The zero-order chi connectivity index (χ0) is 13.2. The van der Waals surface area contributed by atoms with Crippen LogP contribution >= 0.6 is 0 Å². The van der Waals surface area contributed by atoms with Gasteiger partial charge in [-0.3, -0.25) is 4.90 Å². The van der Waals surface area contributed by atoms with Crippen molar-refractivity contribution in [2.75, 3.05) is 19.6 Å². The van der Waals surface area contributed by atoms with Crippen molar-refractivity contribution in [1.82, 2.24) is 10.2 Å². The van der Waals surface area contributed by atoms with E-state index in [0.717, 1.165) is 13.1 Å². The first kappa shape index (κ1) is 13.7. The van der Waals surface area contributed by atoms with Crippen LogP contribution in [0.25, 0.3) is 0 Å². The minimum absolute atomic E-state index is 0.0218. The van der Waals surface area contributed by atoms with Gasteiger partial charge in [0.25, 0.3) is 6.43 Å². The molecule has 0 aromatic carbocycles. The van der Waals surface area contributed by atoms with E-state index < -0.39 is 6.43 Å². The van der Waals surface area contributed by atoms with Gasteiger partial charge in [0.15, 0.2) is 0 Å². The van der Waals surface area contributed by atoms with Gasteiger partial charge in [-0.1, -0.05) is 19.3 Å². The first-order valence-corrected chi connectivity index (χ1v) is 7.99. The molecule has 3 aliphatic rings. The Morgan fingerprint density at radius 2 is 1.74 bits per heavy atom. The van der Waals surface area contributed by atoms with E-state index in [1.807, 2.05) is 0 Å². The van der Waals surface area contributed by atoms with Crippen molar-refractivity contribution < 1.29 is 8.78 Å². The Labute approximate surface area is 114 Å². The molecule has 1 heterocycles. The monoisotopic (exact) mass is 272 g/mol. The lowest BCUT2D eigenvalue weighted by Gasteiger charge is -2.44. The Balaban J connectivity index is 1.59. The predicted octanol–water partition coefficient (Wildman–Crippen LogP) is 2.88. The zero-order valence-corrected chi connectivity index (χ0v) is 11.7. The van der Waals surface area contributed by atoms with Crippen molar-refractivity contribution in [3.05, 3.63) is 0 Å². The maximum atomic E-state index is 12.8. The fourth-order valence-corrected chi connectivity index (χ4v) is 4.04. The Kier molecular flexibility index (Phi) is 4.37. The van der Waals surface area contributed by atoms with E-state index in [9.17, 15) is 8.78 Å². The molecule has 0 aromatic heterocycles. The number of nitrogens with one attached hydrogen (secondary N) is 1. The molecule has 2 saturated carbocycles. The largest absolute Gasteiger partial charge is 0.311 e. The number of nitrogens with zero attached hydrogens (tertiary/aromatic N) is 1. The topological polar surface area (TPSA) is 15.3 Å². The third-order valence-electron chi connectivity index (χ3n) is 5.25. The Bertz CT molecular complexity index is 288. The molecule has 0 aromatic rings. The second-order valence-corrected chi connectivity index (χ2v) is 6.66. The lowest BCUT2D eigenvalue weighted by atomic mass is 9.82. The van der Waals surface area contributed by atoms with Crippen LogP contribution in [-0.4, -0.2) is 43.0 Å². The van der Waals surface area contributed by atoms with Crippen LogP contribution in [0.1, 0.15) is 44.9 Å². The molecule has 2 nitrogen and oxygen atoms in total. The number of halogens is 2. The van der Waals surface area contributed by atoms with Gasteiger partial charge in [0.1, 0.15) is 0 Å². The fraction of sp³-hybridized carbons (Fsp3) is 1.00. The quantitative estimate of drug-likeness (QED) is 0.846. The molecule has 0 spiro atoms. The Morgan fingerprint density at radius 3 is 2.37 bits per heavy atom. The molecule has 0 bridgehead atoms. The van der Waals surface area contributed by atoms with Crippen molar-refractivity contribution in [1.29, 1.82) is 0 Å². The van der Waals surface area contributed by atoms with Gasteiger partial charge >= 0.3 is 0 Å². The summed E-state index contributed by atoms with van der Waals surface area (Å²) in [5.41, 5.74) is 0.